The van der Waals surface area contributed by atoms with Crippen LogP contribution in [0.15, 0.2) is 12.1 Å². The molecule has 4 heteroatoms. The molecule has 94 valence electrons. The molecule has 0 amide bonds. The number of Topliss-reactive ketones (excluding diaryl/α,β-unsaturated/α-hetero) is 1. The zero-order valence-corrected chi connectivity index (χ0v) is 10.6. The van der Waals surface area contributed by atoms with Crippen molar-refractivity contribution in [1.29, 1.82) is 0 Å². The number of methoxy groups -OCH3 is 2. The summed E-state index contributed by atoms with van der Waals surface area (Å²) in [5.41, 5.74) is 0.506. The Morgan fingerprint density at radius 3 is 2.41 bits per heavy atom. The topological polar surface area (TPSA) is 55.8 Å². The Kier molecular flexibility index (Phi) is 4.37. The molecular formula is C13H18O4. The highest BCUT2D eigenvalue weighted by molar-refractivity contribution is 5.84. The van der Waals surface area contributed by atoms with Crippen molar-refractivity contribution in [3.63, 3.8) is 0 Å². The monoisotopic (exact) mass is 238 g/mol. The van der Waals surface area contributed by atoms with Crippen LogP contribution < -0.4 is 9.47 Å². The molecule has 0 unspecified atom stereocenters. The first-order valence-corrected chi connectivity index (χ1v) is 5.46. The van der Waals surface area contributed by atoms with Crippen molar-refractivity contribution in [3.8, 4) is 17.2 Å². The SMILES string of the molecule is COc1cc(O)c(CC(=O)C(C)C)c(OC)c1. The molecule has 1 aromatic carbocycles. The second-order valence-corrected chi connectivity index (χ2v) is 4.13. The van der Waals surface area contributed by atoms with Crippen molar-refractivity contribution < 1.29 is 19.4 Å². The zero-order valence-electron chi connectivity index (χ0n) is 10.6. The van der Waals surface area contributed by atoms with Crippen LogP contribution in [0.4, 0.5) is 0 Å². The molecule has 0 aliphatic heterocycles. The third-order valence-electron chi connectivity index (χ3n) is 2.61. The van der Waals surface area contributed by atoms with Gasteiger partial charge in [-0.15, -0.1) is 0 Å². The summed E-state index contributed by atoms with van der Waals surface area (Å²) in [6.07, 6.45) is 0.163. The summed E-state index contributed by atoms with van der Waals surface area (Å²) in [6, 6.07) is 3.13. The van der Waals surface area contributed by atoms with Crippen LogP contribution in [0.5, 0.6) is 17.2 Å². The number of hydrogen-bond acceptors (Lipinski definition) is 4. The number of benzene rings is 1. The van der Waals surface area contributed by atoms with Crippen LogP contribution >= 0.6 is 0 Å². The molecule has 0 fully saturated rings. The quantitative estimate of drug-likeness (QED) is 0.854. The first kappa shape index (κ1) is 13.4. The number of ketones is 1. The lowest BCUT2D eigenvalue weighted by molar-refractivity contribution is -0.121. The van der Waals surface area contributed by atoms with Gasteiger partial charge in [-0.05, 0) is 0 Å². The van der Waals surface area contributed by atoms with Gasteiger partial charge in [0.05, 0.1) is 14.2 Å². The van der Waals surface area contributed by atoms with E-state index in [2.05, 4.69) is 0 Å². The molecule has 0 aromatic heterocycles. The molecule has 1 aromatic rings. The van der Waals surface area contributed by atoms with Gasteiger partial charge in [0, 0.05) is 30.0 Å². The fourth-order valence-electron chi connectivity index (χ4n) is 1.46. The molecule has 0 radical (unpaired) electrons. The molecule has 1 N–H and O–H groups in total. The van der Waals surface area contributed by atoms with Gasteiger partial charge >= 0.3 is 0 Å². The molecule has 0 heterocycles. The molecule has 4 nitrogen and oxygen atoms in total. The van der Waals surface area contributed by atoms with E-state index < -0.39 is 0 Å². The molecule has 1 rings (SSSR count). The Hall–Kier alpha value is -1.71. The van der Waals surface area contributed by atoms with Crippen LogP contribution in [0.1, 0.15) is 19.4 Å². The van der Waals surface area contributed by atoms with Gasteiger partial charge in [-0.2, -0.15) is 0 Å². The number of phenolic OH excluding ortho intramolecular Hbond substituents is 1. The zero-order chi connectivity index (χ0) is 13.0. The van der Waals surface area contributed by atoms with Gasteiger partial charge in [0.25, 0.3) is 0 Å². The number of phenols is 1. The third-order valence-corrected chi connectivity index (χ3v) is 2.61. The van der Waals surface area contributed by atoms with E-state index in [-0.39, 0.29) is 23.9 Å². The van der Waals surface area contributed by atoms with E-state index >= 15 is 0 Å². The predicted octanol–water partition coefficient (Wildman–Crippen LogP) is 2.18. The van der Waals surface area contributed by atoms with Gasteiger partial charge in [-0.1, -0.05) is 13.8 Å². The van der Waals surface area contributed by atoms with Crippen molar-refractivity contribution in [2.75, 3.05) is 14.2 Å². The summed E-state index contributed by atoms with van der Waals surface area (Å²) in [5.74, 6) is 0.983. The summed E-state index contributed by atoms with van der Waals surface area (Å²) >= 11 is 0. The van der Waals surface area contributed by atoms with Crippen molar-refractivity contribution in [2.45, 2.75) is 20.3 Å². The highest BCUT2D eigenvalue weighted by Gasteiger charge is 2.17. The number of ether oxygens (including phenoxy) is 2. The summed E-state index contributed by atoms with van der Waals surface area (Å²) < 4.78 is 10.2. The van der Waals surface area contributed by atoms with Crippen LogP contribution in [-0.2, 0) is 11.2 Å². The molecular weight excluding hydrogens is 220 g/mol. The number of carbonyl (C=O) groups is 1. The average Bonchev–Trinajstić information content (AvgIpc) is 2.30. The number of rotatable bonds is 5. The van der Waals surface area contributed by atoms with Crippen LogP contribution in [0.25, 0.3) is 0 Å². The van der Waals surface area contributed by atoms with Gasteiger partial charge in [0.1, 0.15) is 23.0 Å². The van der Waals surface area contributed by atoms with Gasteiger partial charge in [-0.25, -0.2) is 0 Å². The number of aromatic hydroxyl groups is 1. The second-order valence-electron chi connectivity index (χ2n) is 4.13. The summed E-state index contributed by atoms with van der Waals surface area (Å²) in [7, 11) is 3.00. The summed E-state index contributed by atoms with van der Waals surface area (Å²) in [5, 5.41) is 9.85. The molecule has 0 saturated heterocycles. The summed E-state index contributed by atoms with van der Waals surface area (Å²) in [4.78, 5) is 11.7. The Bertz CT molecular complexity index is 410. The molecule has 0 aliphatic rings. The standard InChI is InChI=1S/C13H18O4/c1-8(2)11(14)7-10-12(15)5-9(16-3)6-13(10)17-4/h5-6,8,15H,7H2,1-4H3. The second kappa shape index (κ2) is 5.57. The lowest BCUT2D eigenvalue weighted by Gasteiger charge is -2.13. The maximum absolute atomic E-state index is 11.7. The molecule has 0 saturated carbocycles. The Balaban J connectivity index is 3.10. The van der Waals surface area contributed by atoms with Gasteiger partial charge < -0.3 is 14.6 Å². The maximum atomic E-state index is 11.7. The van der Waals surface area contributed by atoms with Gasteiger partial charge in [0.15, 0.2) is 0 Å². The smallest absolute Gasteiger partial charge is 0.140 e. The normalized spacial score (nSPS) is 10.4. The van der Waals surface area contributed by atoms with E-state index in [1.165, 1.54) is 20.3 Å². The van der Waals surface area contributed by atoms with Crippen LogP contribution in [-0.4, -0.2) is 25.1 Å². The maximum Gasteiger partial charge on any atom is 0.140 e. The van der Waals surface area contributed by atoms with E-state index in [4.69, 9.17) is 9.47 Å². The van der Waals surface area contributed by atoms with Crippen molar-refractivity contribution in [3.05, 3.63) is 17.7 Å². The highest BCUT2D eigenvalue weighted by atomic mass is 16.5. The Morgan fingerprint density at radius 2 is 1.94 bits per heavy atom. The largest absolute Gasteiger partial charge is 0.507 e. The first-order valence-electron chi connectivity index (χ1n) is 5.46. The molecule has 0 spiro atoms. The Labute approximate surface area is 101 Å². The van der Waals surface area contributed by atoms with Crippen LogP contribution in [0, 0.1) is 5.92 Å². The molecule has 0 aliphatic carbocycles. The fourth-order valence-corrected chi connectivity index (χ4v) is 1.46. The number of hydrogen-bond donors (Lipinski definition) is 1. The summed E-state index contributed by atoms with van der Waals surface area (Å²) in [6.45, 7) is 3.66. The van der Waals surface area contributed by atoms with Crippen LogP contribution in [0.3, 0.4) is 0 Å². The Morgan fingerprint density at radius 1 is 1.29 bits per heavy atom. The van der Waals surface area contributed by atoms with Crippen molar-refractivity contribution >= 4 is 5.78 Å². The fraction of sp³-hybridized carbons (Fsp3) is 0.462. The third kappa shape index (κ3) is 3.12. The van der Waals surface area contributed by atoms with E-state index in [1.54, 1.807) is 6.07 Å². The van der Waals surface area contributed by atoms with Crippen LogP contribution in [0.2, 0.25) is 0 Å². The minimum Gasteiger partial charge on any atom is -0.507 e. The number of carbonyl (C=O) groups excluding carboxylic acids is 1. The minimum absolute atomic E-state index is 0.0233. The van der Waals surface area contributed by atoms with E-state index in [0.29, 0.717) is 17.1 Å². The lowest BCUT2D eigenvalue weighted by atomic mass is 9.99. The van der Waals surface area contributed by atoms with E-state index in [0.717, 1.165) is 0 Å². The lowest BCUT2D eigenvalue weighted by Crippen LogP contribution is -2.11. The minimum atomic E-state index is -0.0683. The average molecular weight is 238 g/mol. The van der Waals surface area contributed by atoms with Gasteiger partial charge in [-0.3, -0.25) is 4.79 Å². The molecule has 0 atom stereocenters. The van der Waals surface area contributed by atoms with Crippen molar-refractivity contribution in [1.82, 2.24) is 0 Å². The van der Waals surface area contributed by atoms with Gasteiger partial charge in [0.2, 0.25) is 0 Å². The first-order chi connectivity index (χ1) is 7.99. The predicted molar refractivity (Wildman–Crippen MR) is 64.8 cm³/mol. The van der Waals surface area contributed by atoms with E-state index in [9.17, 15) is 9.90 Å². The van der Waals surface area contributed by atoms with E-state index in [1.807, 2.05) is 13.8 Å². The molecule has 17 heavy (non-hydrogen) atoms. The molecule has 0 bridgehead atoms. The highest BCUT2D eigenvalue weighted by Crippen LogP contribution is 2.34. The van der Waals surface area contributed by atoms with Crippen molar-refractivity contribution in [2.24, 2.45) is 5.92 Å².